The summed E-state index contributed by atoms with van der Waals surface area (Å²) in [6.07, 6.45) is 0. The van der Waals surface area contributed by atoms with Crippen molar-refractivity contribution in [2.45, 2.75) is 5.41 Å². The van der Waals surface area contributed by atoms with Crippen LogP contribution >= 0.6 is 22.7 Å². The van der Waals surface area contributed by atoms with Crippen molar-refractivity contribution in [1.29, 1.82) is 0 Å². The molecule has 0 atom stereocenters. The molecule has 67 heavy (non-hydrogen) atoms. The van der Waals surface area contributed by atoms with Crippen molar-refractivity contribution in [3.05, 3.63) is 247 Å². The number of nitrogens with zero attached hydrogens (tertiary/aromatic N) is 1. The third-order valence-electron chi connectivity index (χ3n) is 14.5. The maximum absolute atomic E-state index is 7.18. The van der Waals surface area contributed by atoms with Crippen LogP contribution in [0.15, 0.2) is 224 Å². The fraction of sp³-hybridized carbons (Fsp3) is 0.0159. The summed E-state index contributed by atoms with van der Waals surface area (Å²) in [5.41, 5.74) is 12.6. The predicted molar refractivity (Wildman–Crippen MR) is 285 cm³/mol. The van der Waals surface area contributed by atoms with E-state index in [0.29, 0.717) is 0 Å². The molecule has 4 heteroatoms. The second kappa shape index (κ2) is 14.0. The Morgan fingerprint density at radius 3 is 1.39 bits per heavy atom. The molecular formula is C63H37NOS2. The van der Waals surface area contributed by atoms with Gasteiger partial charge in [-0.15, -0.1) is 22.7 Å². The minimum absolute atomic E-state index is 0.574. The first-order valence-corrected chi connectivity index (χ1v) is 24.5. The molecule has 0 unspecified atom stereocenters. The maximum atomic E-state index is 7.18. The molecule has 11 aromatic carbocycles. The number of anilines is 3. The van der Waals surface area contributed by atoms with Gasteiger partial charge in [0.25, 0.3) is 0 Å². The number of benzene rings is 11. The highest BCUT2D eigenvalue weighted by atomic mass is 32.1. The Labute approximate surface area is 394 Å². The first-order valence-electron chi connectivity index (χ1n) is 22.9. The highest BCUT2D eigenvalue weighted by Gasteiger charge is 2.51. The van der Waals surface area contributed by atoms with Crippen LogP contribution in [0.25, 0.3) is 84.1 Å². The van der Waals surface area contributed by atoms with E-state index in [2.05, 4.69) is 229 Å². The zero-order chi connectivity index (χ0) is 43.8. The molecular weight excluding hydrogens is 851 g/mol. The van der Waals surface area contributed by atoms with Gasteiger partial charge in [0.05, 0.1) is 5.41 Å². The first-order chi connectivity index (χ1) is 33.2. The summed E-state index contributed by atoms with van der Waals surface area (Å²) in [7, 11) is 0. The zero-order valence-electron chi connectivity index (χ0n) is 36.0. The van der Waals surface area contributed by atoms with E-state index < -0.39 is 5.41 Å². The highest BCUT2D eigenvalue weighted by molar-refractivity contribution is 7.26. The van der Waals surface area contributed by atoms with Crippen LogP contribution in [0.1, 0.15) is 22.3 Å². The van der Waals surface area contributed by atoms with Crippen molar-refractivity contribution < 1.29 is 4.74 Å². The Morgan fingerprint density at radius 1 is 0.313 bits per heavy atom. The van der Waals surface area contributed by atoms with E-state index in [9.17, 15) is 0 Å². The van der Waals surface area contributed by atoms with Gasteiger partial charge in [0.1, 0.15) is 11.5 Å². The Morgan fingerprint density at radius 2 is 0.776 bits per heavy atom. The smallest absolute Gasteiger partial charge is 0.140 e. The summed E-state index contributed by atoms with van der Waals surface area (Å²) in [4.78, 5) is 2.43. The molecule has 2 nitrogen and oxygen atoms in total. The van der Waals surface area contributed by atoms with Crippen LogP contribution in [0.2, 0.25) is 0 Å². The summed E-state index contributed by atoms with van der Waals surface area (Å²) in [5, 5.41) is 9.77. The number of ether oxygens (including phenoxy) is 1. The molecule has 0 radical (unpaired) electrons. The quantitative estimate of drug-likeness (QED) is 0.175. The Kier molecular flexibility index (Phi) is 7.78. The topological polar surface area (TPSA) is 12.5 Å². The SMILES string of the molecule is c1ccc2c(c1)-c1cc(-c3ccc(N(c4ccc5sc6ccccc6c5c4)c4ccc5sc6ccccc6c5c4)cc3)ccc1C21c2ccc3ccccc3c2Oc2c1ccc1ccccc21. The Balaban J connectivity index is 0.898. The molecule has 2 aromatic heterocycles. The minimum atomic E-state index is -0.574. The lowest BCUT2D eigenvalue weighted by molar-refractivity contribution is 0.447. The second-order valence-electron chi connectivity index (χ2n) is 17.9. The molecule has 1 spiro atoms. The molecule has 0 bridgehead atoms. The fourth-order valence-electron chi connectivity index (χ4n) is 11.5. The van der Waals surface area contributed by atoms with Gasteiger partial charge in [-0.2, -0.15) is 0 Å². The van der Waals surface area contributed by atoms with Gasteiger partial charge in [-0.1, -0.05) is 158 Å². The minimum Gasteiger partial charge on any atom is -0.455 e. The van der Waals surface area contributed by atoms with Crippen molar-refractivity contribution >= 4 is 102 Å². The van der Waals surface area contributed by atoms with Crippen molar-refractivity contribution in [3.8, 4) is 33.8 Å². The molecule has 2 aliphatic rings. The Bertz CT molecular complexity index is 4020. The largest absolute Gasteiger partial charge is 0.455 e. The lowest BCUT2D eigenvalue weighted by Gasteiger charge is -2.40. The molecule has 312 valence electrons. The fourth-order valence-corrected chi connectivity index (χ4v) is 13.7. The summed E-state index contributed by atoms with van der Waals surface area (Å²) < 4.78 is 12.4. The van der Waals surface area contributed by atoms with Crippen molar-refractivity contribution in [2.24, 2.45) is 0 Å². The number of hydrogen-bond acceptors (Lipinski definition) is 4. The van der Waals surface area contributed by atoms with Gasteiger partial charge < -0.3 is 9.64 Å². The van der Waals surface area contributed by atoms with E-state index in [4.69, 9.17) is 4.74 Å². The third-order valence-corrected chi connectivity index (χ3v) is 16.8. The van der Waals surface area contributed by atoms with Crippen molar-refractivity contribution in [2.75, 3.05) is 4.90 Å². The summed E-state index contributed by atoms with van der Waals surface area (Å²) in [6, 6.07) is 83.3. The van der Waals surface area contributed by atoms with E-state index in [-0.39, 0.29) is 0 Å². The van der Waals surface area contributed by atoms with Crippen LogP contribution in [0.3, 0.4) is 0 Å². The number of rotatable bonds is 4. The van der Waals surface area contributed by atoms with Gasteiger partial charge in [-0.3, -0.25) is 0 Å². The van der Waals surface area contributed by atoms with Crippen molar-refractivity contribution in [1.82, 2.24) is 0 Å². The molecule has 0 amide bonds. The third kappa shape index (κ3) is 5.25. The lowest BCUT2D eigenvalue weighted by Crippen LogP contribution is -2.32. The Hall–Kier alpha value is -8.02. The summed E-state index contributed by atoms with van der Waals surface area (Å²) in [6.45, 7) is 0. The average Bonchev–Trinajstić information content (AvgIpc) is 4.05. The van der Waals surface area contributed by atoms with Gasteiger partial charge in [-0.25, -0.2) is 0 Å². The number of hydrogen-bond donors (Lipinski definition) is 0. The van der Waals surface area contributed by atoms with E-state index >= 15 is 0 Å². The molecule has 3 heterocycles. The zero-order valence-corrected chi connectivity index (χ0v) is 37.7. The maximum Gasteiger partial charge on any atom is 0.140 e. The molecule has 15 rings (SSSR count). The van der Waals surface area contributed by atoms with Gasteiger partial charge in [0, 0.05) is 79.3 Å². The van der Waals surface area contributed by atoms with Crippen LogP contribution < -0.4 is 9.64 Å². The molecule has 1 aliphatic heterocycles. The first kappa shape index (κ1) is 37.2. The highest BCUT2D eigenvalue weighted by Crippen LogP contribution is 2.64. The van der Waals surface area contributed by atoms with E-state index in [1.54, 1.807) is 0 Å². The van der Waals surface area contributed by atoms with Crippen LogP contribution in [0.5, 0.6) is 11.5 Å². The molecule has 0 saturated carbocycles. The van der Waals surface area contributed by atoms with Crippen LogP contribution in [0, 0.1) is 0 Å². The average molecular weight is 888 g/mol. The second-order valence-corrected chi connectivity index (χ2v) is 20.1. The summed E-state index contributed by atoms with van der Waals surface area (Å²) >= 11 is 3.72. The number of thiophene rings is 2. The molecule has 0 N–H and O–H groups in total. The van der Waals surface area contributed by atoms with Gasteiger partial charge in [0.15, 0.2) is 0 Å². The van der Waals surface area contributed by atoms with Crippen LogP contribution in [-0.4, -0.2) is 0 Å². The summed E-state index contributed by atoms with van der Waals surface area (Å²) in [5.74, 6) is 1.87. The normalized spacial score (nSPS) is 13.3. The van der Waals surface area contributed by atoms with Crippen molar-refractivity contribution in [3.63, 3.8) is 0 Å². The molecule has 1 aliphatic carbocycles. The van der Waals surface area contributed by atoms with Gasteiger partial charge in [0.2, 0.25) is 0 Å². The molecule has 0 saturated heterocycles. The molecule has 13 aromatic rings. The lowest BCUT2D eigenvalue weighted by atomic mass is 9.65. The van der Waals surface area contributed by atoms with Gasteiger partial charge >= 0.3 is 0 Å². The standard InChI is InChI=1S/C63H37NOS2/c1-3-13-45-39(11-1)23-31-55-61(45)65-62-46-14-4-2-12-40(46)24-32-56(62)63(55)53-18-8-5-15-47(53)50-35-41(25-30-54(50)63)38-21-26-42(27-22-38)64(43-28-33-59-51(36-43)48-16-6-9-19-57(48)66-59)44-29-34-60-52(37-44)49-17-7-10-20-58(49)67-60/h1-37H. The molecule has 0 fully saturated rings. The van der Waals surface area contributed by atoms with Gasteiger partial charge in [-0.05, 0) is 111 Å². The van der Waals surface area contributed by atoms with E-state index in [1.165, 1.54) is 95.6 Å². The van der Waals surface area contributed by atoms with E-state index in [0.717, 1.165) is 39.3 Å². The van der Waals surface area contributed by atoms with E-state index in [1.807, 2.05) is 22.7 Å². The van der Waals surface area contributed by atoms with Crippen LogP contribution in [-0.2, 0) is 5.41 Å². The van der Waals surface area contributed by atoms with Crippen LogP contribution in [0.4, 0.5) is 17.1 Å². The predicted octanol–water partition coefficient (Wildman–Crippen LogP) is 18.3. The monoisotopic (exact) mass is 887 g/mol. The number of fused-ring (bicyclic) bond motifs is 19.